The van der Waals surface area contributed by atoms with Crippen molar-refractivity contribution in [3.8, 4) is 5.75 Å². The number of rotatable bonds is 6. The van der Waals surface area contributed by atoms with Crippen molar-refractivity contribution >= 4 is 11.9 Å². The molecule has 0 aliphatic rings. The predicted octanol–water partition coefficient (Wildman–Crippen LogP) is 1.38. The van der Waals surface area contributed by atoms with Crippen molar-refractivity contribution in [2.24, 2.45) is 5.92 Å². The molecule has 1 atom stereocenters. The lowest BCUT2D eigenvalue weighted by molar-refractivity contribution is -0.146. The predicted molar refractivity (Wildman–Crippen MR) is 70.7 cm³/mol. The number of carbonyl (C=O) groups is 2. The average molecular weight is 265 g/mol. The van der Waals surface area contributed by atoms with Crippen LogP contribution >= 0.6 is 0 Å². The molecule has 0 spiro atoms. The number of para-hydroxylation sites is 1. The highest BCUT2D eigenvalue weighted by Gasteiger charge is 2.24. The normalized spacial score (nSPS) is 11.8. The van der Waals surface area contributed by atoms with Gasteiger partial charge in [-0.15, -0.1) is 0 Å². The lowest BCUT2D eigenvalue weighted by Gasteiger charge is -2.19. The van der Waals surface area contributed by atoms with Gasteiger partial charge >= 0.3 is 5.97 Å². The molecule has 1 N–H and O–H groups in total. The van der Waals surface area contributed by atoms with E-state index >= 15 is 0 Å². The van der Waals surface area contributed by atoms with Crippen molar-refractivity contribution in [1.82, 2.24) is 5.32 Å². The van der Waals surface area contributed by atoms with Crippen LogP contribution in [-0.4, -0.2) is 31.6 Å². The second-order valence-electron chi connectivity index (χ2n) is 4.41. The fraction of sp³-hybridized carbons (Fsp3) is 0.429. The van der Waals surface area contributed by atoms with Gasteiger partial charge in [-0.2, -0.15) is 0 Å². The van der Waals surface area contributed by atoms with Gasteiger partial charge in [0.05, 0.1) is 7.11 Å². The molecule has 1 amide bonds. The van der Waals surface area contributed by atoms with E-state index in [0.29, 0.717) is 5.75 Å². The fourth-order valence-corrected chi connectivity index (χ4v) is 1.51. The van der Waals surface area contributed by atoms with Gasteiger partial charge in [0.2, 0.25) is 0 Å². The zero-order valence-electron chi connectivity index (χ0n) is 11.4. The maximum atomic E-state index is 11.7. The Morgan fingerprint density at radius 2 is 1.84 bits per heavy atom. The number of hydrogen-bond acceptors (Lipinski definition) is 4. The van der Waals surface area contributed by atoms with Crippen LogP contribution in [0.1, 0.15) is 13.8 Å². The zero-order chi connectivity index (χ0) is 14.3. The van der Waals surface area contributed by atoms with Crippen molar-refractivity contribution in [2.45, 2.75) is 19.9 Å². The maximum absolute atomic E-state index is 11.7. The molecule has 0 fully saturated rings. The van der Waals surface area contributed by atoms with Crippen LogP contribution in [0.25, 0.3) is 0 Å². The molecule has 0 unspecified atom stereocenters. The summed E-state index contributed by atoms with van der Waals surface area (Å²) in [5.74, 6) is -0.249. The monoisotopic (exact) mass is 265 g/mol. The smallest absolute Gasteiger partial charge is 0.328 e. The Morgan fingerprint density at radius 3 is 2.37 bits per heavy atom. The summed E-state index contributed by atoms with van der Waals surface area (Å²) in [6, 6.07) is 8.36. The molecule has 5 nitrogen and oxygen atoms in total. The van der Waals surface area contributed by atoms with Crippen molar-refractivity contribution in [3.63, 3.8) is 0 Å². The van der Waals surface area contributed by atoms with Gasteiger partial charge in [-0.3, -0.25) is 4.79 Å². The minimum atomic E-state index is -0.656. The summed E-state index contributed by atoms with van der Waals surface area (Å²) in [5.41, 5.74) is 0. The molecule has 1 aromatic rings. The van der Waals surface area contributed by atoms with Crippen molar-refractivity contribution in [1.29, 1.82) is 0 Å². The van der Waals surface area contributed by atoms with E-state index in [9.17, 15) is 9.59 Å². The molecule has 0 saturated carbocycles. The molecular weight excluding hydrogens is 246 g/mol. The molecule has 0 aliphatic heterocycles. The Morgan fingerprint density at radius 1 is 1.21 bits per heavy atom. The van der Waals surface area contributed by atoms with Crippen LogP contribution in [0.15, 0.2) is 30.3 Å². The fourth-order valence-electron chi connectivity index (χ4n) is 1.51. The quantitative estimate of drug-likeness (QED) is 0.789. The largest absolute Gasteiger partial charge is 0.484 e. The Bertz CT molecular complexity index is 417. The lowest BCUT2D eigenvalue weighted by Crippen LogP contribution is -2.46. The topological polar surface area (TPSA) is 64.6 Å². The maximum Gasteiger partial charge on any atom is 0.328 e. The van der Waals surface area contributed by atoms with Gasteiger partial charge in [-0.1, -0.05) is 32.0 Å². The van der Waals surface area contributed by atoms with E-state index in [1.807, 2.05) is 32.0 Å². The summed E-state index contributed by atoms with van der Waals surface area (Å²) < 4.78 is 9.94. The highest BCUT2D eigenvalue weighted by Crippen LogP contribution is 2.08. The van der Waals surface area contributed by atoms with E-state index in [0.717, 1.165) is 0 Å². The van der Waals surface area contributed by atoms with Gasteiger partial charge in [-0.05, 0) is 18.1 Å². The van der Waals surface area contributed by atoms with Crippen LogP contribution in [0, 0.1) is 5.92 Å². The van der Waals surface area contributed by atoms with E-state index in [1.165, 1.54) is 7.11 Å². The molecule has 19 heavy (non-hydrogen) atoms. The van der Waals surface area contributed by atoms with Gasteiger partial charge in [0.25, 0.3) is 5.91 Å². The van der Waals surface area contributed by atoms with Crippen LogP contribution in [0.4, 0.5) is 0 Å². The second kappa shape index (κ2) is 7.41. The SMILES string of the molecule is COC(=O)[C@@H](NC(=O)COc1ccccc1)C(C)C. The van der Waals surface area contributed by atoms with Crippen LogP contribution in [0.5, 0.6) is 5.75 Å². The minimum Gasteiger partial charge on any atom is -0.484 e. The second-order valence-corrected chi connectivity index (χ2v) is 4.41. The van der Waals surface area contributed by atoms with Crippen LogP contribution in [0.3, 0.4) is 0 Å². The number of ether oxygens (including phenoxy) is 2. The number of methoxy groups -OCH3 is 1. The summed E-state index contributed by atoms with van der Waals surface area (Å²) in [6.07, 6.45) is 0. The van der Waals surface area contributed by atoms with Gasteiger partial charge in [0.15, 0.2) is 6.61 Å². The molecule has 0 heterocycles. The standard InChI is InChI=1S/C14H19NO4/c1-10(2)13(14(17)18-3)15-12(16)9-19-11-7-5-4-6-8-11/h4-8,10,13H,9H2,1-3H3,(H,15,16)/t13-/m0/s1. The van der Waals surface area contributed by atoms with Crippen LogP contribution < -0.4 is 10.1 Å². The molecule has 5 heteroatoms. The summed E-state index contributed by atoms with van der Waals surface area (Å²) in [5, 5.41) is 2.60. The summed E-state index contributed by atoms with van der Waals surface area (Å²) in [4.78, 5) is 23.2. The number of benzene rings is 1. The first-order valence-corrected chi connectivity index (χ1v) is 6.09. The highest BCUT2D eigenvalue weighted by molar-refractivity contribution is 5.85. The van der Waals surface area contributed by atoms with E-state index in [-0.39, 0.29) is 18.4 Å². The van der Waals surface area contributed by atoms with Crippen molar-refractivity contribution in [2.75, 3.05) is 13.7 Å². The van der Waals surface area contributed by atoms with Crippen molar-refractivity contribution < 1.29 is 19.1 Å². The molecule has 1 rings (SSSR count). The first-order valence-electron chi connectivity index (χ1n) is 6.09. The molecule has 1 aromatic carbocycles. The Hall–Kier alpha value is -2.04. The zero-order valence-corrected chi connectivity index (χ0v) is 11.4. The Kier molecular flexibility index (Phi) is 5.85. The number of hydrogen-bond donors (Lipinski definition) is 1. The van der Waals surface area contributed by atoms with Gasteiger partial charge in [-0.25, -0.2) is 4.79 Å². The highest BCUT2D eigenvalue weighted by atomic mass is 16.5. The van der Waals surface area contributed by atoms with E-state index in [2.05, 4.69) is 10.1 Å². The van der Waals surface area contributed by atoms with Crippen molar-refractivity contribution in [3.05, 3.63) is 30.3 Å². The van der Waals surface area contributed by atoms with E-state index in [4.69, 9.17) is 4.74 Å². The number of carbonyl (C=O) groups excluding carboxylic acids is 2. The minimum absolute atomic E-state index is 0.0480. The third kappa shape index (κ3) is 4.99. The van der Waals surface area contributed by atoms with Gasteiger partial charge < -0.3 is 14.8 Å². The molecule has 0 aromatic heterocycles. The van der Waals surface area contributed by atoms with Crippen LogP contribution in [-0.2, 0) is 14.3 Å². The summed E-state index contributed by atoms with van der Waals surface area (Å²) in [7, 11) is 1.30. The van der Waals surface area contributed by atoms with Gasteiger partial charge in [0, 0.05) is 0 Å². The molecule has 0 bridgehead atoms. The Labute approximate surface area is 112 Å². The summed E-state index contributed by atoms with van der Waals surface area (Å²) >= 11 is 0. The first kappa shape index (κ1) is 15.0. The molecule has 0 saturated heterocycles. The summed E-state index contributed by atoms with van der Waals surface area (Å²) in [6.45, 7) is 3.53. The van der Waals surface area contributed by atoms with E-state index in [1.54, 1.807) is 12.1 Å². The number of esters is 1. The van der Waals surface area contributed by atoms with E-state index < -0.39 is 12.0 Å². The lowest BCUT2D eigenvalue weighted by atomic mass is 10.0. The number of amides is 1. The van der Waals surface area contributed by atoms with Crippen LogP contribution in [0.2, 0.25) is 0 Å². The molecular formula is C14H19NO4. The molecule has 0 aliphatic carbocycles. The first-order chi connectivity index (χ1) is 9.04. The average Bonchev–Trinajstić information content (AvgIpc) is 2.42. The third-order valence-corrected chi connectivity index (χ3v) is 2.55. The Balaban J connectivity index is 2.47. The molecule has 104 valence electrons. The number of nitrogens with one attached hydrogen (secondary N) is 1. The molecule has 0 radical (unpaired) electrons. The third-order valence-electron chi connectivity index (χ3n) is 2.55. The van der Waals surface area contributed by atoms with Gasteiger partial charge in [0.1, 0.15) is 11.8 Å².